The molecule has 2 aromatic carbocycles. The molecule has 0 fully saturated rings. The van der Waals surface area contributed by atoms with Crippen molar-refractivity contribution in [2.75, 3.05) is 13.8 Å². The Kier molecular flexibility index (Phi) is 4.01. The average Bonchev–Trinajstić information content (AvgIpc) is 3.09. The molecule has 1 aromatic heterocycles. The zero-order valence-electron chi connectivity index (χ0n) is 14.2. The molecule has 140 valence electrons. The number of sulfonamides is 1. The zero-order chi connectivity index (χ0) is 19.2. The molecule has 2 heterocycles. The molecule has 4 rings (SSSR count). The molecule has 27 heavy (non-hydrogen) atoms. The van der Waals surface area contributed by atoms with Gasteiger partial charge in [-0.3, -0.25) is 9.78 Å². The van der Waals surface area contributed by atoms with Crippen molar-refractivity contribution in [2.24, 2.45) is 0 Å². The molecule has 9 nitrogen and oxygen atoms in total. The standard InChI is InChI=1S/C17H15N3O6S/c1-20(8-10-2-5-14-15(6-10)26-9-25-14)27(23,24)11-3-4-13-12(7-11)16(21)19-17(22)18-13/h2-7H,8-9H2,1H3,(H2,18,19,21,22). The summed E-state index contributed by atoms with van der Waals surface area (Å²) in [5.41, 5.74) is -0.304. The average molecular weight is 389 g/mol. The van der Waals surface area contributed by atoms with E-state index in [-0.39, 0.29) is 29.1 Å². The van der Waals surface area contributed by atoms with Gasteiger partial charge in [0.1, 0.15) is 0 Å². The Morgan fingerprint density at radius 2 is 1.81 bits per heavy atom. The van der Waals surface area contributed by atoms with Crippen molar-refractivity contribution in [1.29, 1.82) is 0 Å². The van der Waals surface area contributed by atoms with Crippen LogP contribution in [0.1, 0.15) is 5.56 Å². The van der Waals surface area contributed by atoms with Gasteiger partial charge < -0.3 is 14.5 Å². The number of rotatable bonds is 4. The summed E-state index contributed by atoms with van der Waals surface area (Å²) in [5, 5.41) is 0.0900. The van der Waals surface area contributed by atoms with Gasteiger partial charge in [0.15, 0.2) is 11.5 Å². The first-order valence-corrected chi connectivity index (χ1v) is 9.40. The summed E-state index contributed by atoms with van der Waals surface area (Å²) < 4.78 is 37.5. The van der Waals surface area contributed by atoms with E-state index in [1.165, 1.54) is 29.6 Å². The van der Waals surface area contributed by atoms with Gasteiger partial charge in [-0.2, -0.15) is 4.31 Å². The van der Waals surface area contributed by atoms with Crippen LogP contribution < -0.4 is 20.7 Å². The Bertz CT molecular complexity index is 1260. The number of H-pyrrole nitrogens is 2. The summed E-state index contributed by atoms with van der Waals surface area (Å²) >= 11 is 0. The van der Waals surface area contributed by atoms with Crippen LogP contribution in [0.2, 0.25) is 0 Å². The van der Waals surface area contributed by atoms with Crippen molar-refractivity contribution in [1.82, 2.24) is 14.3 Å². The monoisotopic (exact) mass is 389 g/mol. The van der Waals surface area contributed by atoms with Crippen LogP contribution in [0.15, 0.2) is 50.9 Å². The lowest BCUT2D eigenvalue weighted by Crippen LogP contribution is -2.27. The molecule has 2 N–H and O–H groups in total. The number of benzene rings is 2. The summed E-state index contributed by atoms with van der Waals surface area (Å²) in [6, 6.07) is 9.20. The van der Waals surface area contributed by atoms with E-state index >= 15 is 0 Å². The molecule has 0 radical (unpaired) electrons. The Balaban J connectivity index is 1.67. The van der Waals surface area contributed by atoms with Gasteiger partial charge in [0, 0.05) is 13.6 Å². The summed E-state index contributed by atoms with van der Waals surface area (Å²) in [6.45, 7) is 0.250. The fourth-order valence-corrected chi connectivity index (χ4v) is 4.05. The molecule has 0 saturated heterocycles. The van der Waals surface area contributed by atoms with E-state index in [1.807, 2.05) is 0 Å². The molecule has 0 bridgehead atoms. The third-order valence-corrected chi connectivity index (χ3v) is 6.06. The van der Waals surface area contributed by atoms with Crippen LogP contribution in [-0.2, 0) is 16.6 Å². The van der Waals surface area contributed by atoms with Gasteiger partial charge in [-0.25, -0.2) is 13.2 Å². The van der Waals surface area contributed by atoms with Crippen molar-refractivity contribution >= 4 is 20.9 Å². The molecule has 0 unspecified atom stereocenters. The molecule has 0 spiro atoms. The molecule has 0 aliphatic carbocycles. The van der Waals surface area contributed by atoms with Gasteiger partial charge in [0.05, 0.1) is 15.8 Å². The van der Waals surface area contributed by atoms with Crippen molar-refractivity contribution in [3.63, 3.8) is 0 Å². The van der Waals surface area contributed by atoms with Crippen LogP contribution >= 0.6 is 0 Å². The van der Waals surface area contributed by atoms with Crippen LogP contribution in [-0.4, -0.2) is 36.5 Å². The molecule has 3 aromatic rings. The molecule has 0 saturated carbocycles. The lowest BCUT2D eigenvalue weighted by atomic mass is 10.2. The molecule has 1 aliphatic rings. The minimum atomic E-state index is -3.85. The molecule has 0 atom stereocenters. The number of hydrogen-bond donors (Lipinski definition) is 2. The maximum absolute atomic E-state index is 12.9. The molecule has 10 heteroatoms. The zero-order valence-corrected chi connectivity index (χ0v) is 15.0. The van der Waals surface area contributed by atoms with Crippen LogP contribution in [0, 0.1) is 0 Å². The Morgan fingerprint density at radius 1 is 1.04 bits per heavy atom. The summed E-state index contributed by atoms with van der Waals surface area (Å²) in [5.74, 6) is 1.19. The van der Waals surface area contributed by atoms with E-state index in [0.29, 0.717) is 11.5 Å². The van der Waals surface area contributed by atoms with Gasteiger partial charge in [0.2, 0.25) is 16.8 Å². The minimum absolute atomic E-state index is 0.0456. The first kappa shape index (κ1) is 17.3. The second-order valence-electron chi connectivity index (χ2n) is 6.06. The number of fused-ring (bicyclic) bond motifs is 2. The molecular formula is C17H15N3O6S. The maximum Gasteiger partial charge on any atom is 0.326 e. The second-order valence-corrected chi connectivity index (χ2v) is 8.11. The van der Waals surface area contributed by atoms with Gasteiger partial charge >= 0.3 is 5.69 Å². The maximum atomic E-state index is 12.9. The summed E-state index contributed by atoms with van der Waals surface area (Å²) in [6.07, 6.45) is 0. The van der Waals surface area contributed by atoms with Crippen LogP contribution in [0.5, 0.6) is 11.5 Å². The summed E-state index contributed by atoms with van der Waals surface area (Å²) in [7, 11) is -2.41. The number of nitrogens with zero attached hydrogens (tertiary/aromatic N) is 1. The van der Waals surface area contributed by atoms with Gasteiger partial charge in [-0.1, -0.05) is 6.07 Å². The Morgan fingerprint density at radius 3 is 2.63 bits per heavy atom. The predicted molar refractivity (Wildman–Crippen MR) is 96.4 cm³/mol. The van der Waals surface area contributed by atoms with Gasteiger partial charge in [0.25, 0.3) is 5.56 Å². The number of aromatic nitrogens is 2. The van der Waals surface area contributed by atoms with E-state index < -0.39 is 21.3 Å². The van der Waals surface area contributed by atoms with E-state index in [9.17, 15) is 18.0 Å². The second kappa shape index (κ2) is 6.25. The van der Waals surface area contributed by atoms with Gasteiger partial charge in [-0.05, 0) is 35.9 Å². The summed E-state index contributed by atoms with van der Waals surface area (Å²) in [4.78, 5) is 27.8. The number of ether oxygens (including phenoxy) is 2. The van der Waals surface area contributed by atoms with Gasteiger partial charge in [-0.15, -0.1) is 0 Å². The highest BCUT2D eigenvalue weighted by molar-refractivity contribution is 7.89. The normalized spacial score (nSPS) is 13.4. The van der Waals surface area contributed by atoms with Crippen molar-refractivity contribution in [3.05, 3.63) is 62.8 Å². The molecular weight excluding hydrogens is 374 g/mol. The van der Waals surface area contributed by atoms with E-state index in [2.05, 4.69) is 9.97 Å². The lowest BCUT2D eigenvalue weighted by Gasteiger charge is -2.17. The fraction of sp³-hybridized carbons (Fsp3) is 0.176. The highest BCUT2D eigenvalue weighted by Gasteiger charge is 2.23. The van der Waals surface area contributed by atoms with Crippen LogP contribution in [0.25, 0.3) is 10.9 Å². The number of hydrogen-bond acceptors (Lipinski definition) is 6. The quantitative estimate of drug-likeness (QED) is 0.680. The predicted octanol–water partition coefficient (Wildman–Crippen LogP) is 0.766. The van der Waals surface area contributed by atoms with Crippen LogP contribution in [0.4, 0.5) is 0 Å². The number of aromatic amines is 2. The topological polar surface area (TPSA) is 122 Å². The van der Waals surface area contributed by atoms with E-state index in [1.54, 1.807) is 18.2 Å². The first-order valence-electron chi connectivity index (χ1n) is 7.96. The smallest absolute Gasteiger partial charge is 0.326 e. The van der Waals surface area contributed by atoms with E-state index in [0.717, 1.165) is 5.56 Å². The SMILES string of the molecule is CN(Cc1ccc2c(c1)OCO2)S(=O)(=O)c1ccc2[nH]c(=O)[nH]c(=O)c2c1. The highest BCUT2D eigenvalue weighted by atomic mass is 32.2. The number of nitrogens with one attached hydrogen (secondary N) is 2. The Hall–Kier alpha value is -3.11. The third kappa shape index (κ3) is 3.09. The van der Waals surface area contributed by atoms with E-state index in [4.69, 9.17) is 9.47 Å². The lowest BCUT2D eigenvalue weighted by molar-refractivity contribution is 0.174. The van der Waals surface area contributed by atoms with Crippen LogP contribution in [0.3, 0.4) is 0 Å². The molecule has 1 aliphatic heterocycles. The third-order valence-electron chi connectivity index (χ3n) is 4.26. The minimum Gasteiger partial charge on any atom is -0.454 e. The van der Waals surface area contributed by atoms with Crippen molar-refractivity contribution in [2.45, 2.75) is 11.4 Å². The van der Waals surface area contributed by atoms with Crippen molar-refractivity contribution < 1.29 is 17.9 Å². The largest absolute Gasteiger partial charge is 0.454 e. The highest BCUT2D eigenvalue weighted by Crippen LogP contribution is 2.33. The molecule has 0 amide bonds. The fourth-order valence-electron chi connectivity index (χ4n) is 2.87. The first-order chi connectivity index (χ1) is 12.8. The van der Waals surface area contributed by atoms with Crippen molar-refractivity contribution in [3.8, 4) is 11.5 Å². The Labute approximate surface area is 153 Å².